The van der Waals surface area contributed by atoms with Crippen LogP contribution in [0.25, 0.3) is 6.08 Å². The Balaban J connectivity index is 2.05. The number of hydrogen-bond donors (Lipinski definition) is 0. The molecule has 2 rings (SSSR count). The van der Waals surface area contributed by atoms with Gasteiger partial charge in [-0.1, -0.05) is 25.9 Å². The van der Waals surface area contributed by atoms with E-state index < -0.39 is 5.97 Å². The Bertz CT molecular complexity index is 820. The minimum atomic E-state index is -0.553. The lowest BCUT2D eigenvalue weighted by molar-refractivity contribution is -0.139. The summed E-state index contributed by atoms with van der Waals surface area (Å²) in [5, 5.41) is 3.88. The SMILES string of the molecule is COc1cc(OC)c(OC)cc1/C=C/C(=O)OCc1nc(C(C)(C)C)no1. The maximum absolute atomic E-state index is 12.0. The smallest absolute Gasteiger partial charge is 0.331 e. The molecule has 0 radical (unpaired) electrons. The zero-order valence-electron chi connectivity index (χ0n) is 16.4. The van der Waals surface area contributed by atoms with Crippen molar-refractivity contribution in [2.75, 3.05) is 21.3 Å². The molecule has 0 atom stereocenters. The van der Waals surface area contributed by atoms with Crippen LogP contribution in [0.2, 0.25) is 0 Å². The fourth-order valence-corrected chi connectivity index (χ4v) is 2.14. The van der Waals surface area contributed by atoms with E-state index in [1.807, 2.05) is 20.8 Å². The van der Waals surface area contributed by atoms with Crippen molar-refractivity contribution >= 4 is 12.0 Å². The first kappa shape index (κ1) is 20.3. The highest BCUT2D eigenvalue weighted by molar-refractivity contribution is 5.87. The summed E-state index contributed by atoms with van der Waals surface area (Å²) in [6.07, 6.45) is 2.85. The van der Waals surface area contributed by atoms with Crippen molar-refractivity contribution in [1.29, 1.82) is 0 Å². The van der Waals surface area contributed by atoms with Crippen LogP contribution in [0.5, 0.6) is 17.2 Å². The van der Waals surface area contributed by atoms with Gasteiger partial charge < -0.3 is 23.5 Å². The molecule has 1 aromatic carbocycles. The molecule has 27 heavy (non-hydrogen) atoms. The Hall–Kier alpha value is -3.03. The van der Waals surface area contributed by atoms with Crippen molar-refractivity contribution in [2.45, 2.75) is 32.8 Å². The maximum atomic E-state index is 12.0. The van der Waals surface area contributed by atoms with Crippen molar-refractivity contribution in [3.63, 3.8) is 0 Å². The molecule has 146 valence electrons. The average Bonchev–Trinajstić information content (AvgIpc) is 3.13. The van der Waals surface area contributed by atoms with Gasteiger partial charge in [0, 0.05) is 23.1 Å². The number of benzene rings is 1. The Morgan fingerprint density at radius 3 is 2.26 bits per heavy atom. The molecule has 0 spiro atoms. The molecule has 0 aliphatic carbocycles. The highest BCUT2D eigenvalue weighted by Crippen LogP contribution is 2.35. The Morgan fingerprint density at radius 1 is 1.07 bits per heavy atom. The molecule has 1 aromatic heterocycles. The molecule has 0 saturated carbocycles. The van der Waals surface area contributed by atoms with E-state index >= 15 is 0 Å². The molecular weight excluding hydrogens is 352 g/mol. The normalized spacial score (nSPS) is 11.5. The summed E-state index contributed by atoms with van der Waals surface area (Å²) in [7, 11) is 4.59. The van der Waals surface area contributed by atoms with E-state index in [-0.39, 0.29) is 17.9 Å². The van der Waals surface area contributed by atoms with Crippen LogP contribution < -0.4 is 14.2 Å². The second-order valence-corrected chi connectivity index (χ2v) is 6.65. The number of nitrogens with zero attached hydrogens (tertiary/aromatic N) is 2. The first-order chi connectivity index (χ1) is 12.8. The summed E-state index contributed by atoms with van der Waals surface area (Å²) in [5.41, 5.74) is 0.398. The lowest BCUT2D eigenvalue weighted by atomic mass is 9.96. The second kappa shape index (κ2) is 8.57. The van der Waals surface area contributed by atoms with Gasteiger partial charge in [-0.2, -0.15) is 4.98 Å². The van der Waals surface area contributed by atoms with Gasteiger partial charge in [-0.25, -0.2) is 4.79 Å². The lowest BCUT2D eigenvalue weighted by Gasteiger charge is -2.12. The molecule has 0 unspecified atom stereocenters. The molecule has 0 saturated heterocycles. The largest absolute Gasteiger partial charge is 0.496 e. The van der Waals surface area contributed by atoms with E-state index in [4.69, 9.17) is 23.5 Å². The summed E-state index contributed by atoms with van der Waals surface area (Å²) < 4.78 is 26.0. The van der Waals surface area contributed by atoms with E-state index in [9.17, 15) is 4.79 Å². The summed E-state index contributed by atoms with van der Waals surface area (Å²) in [5.74, 6) is 1.82. The second-order valence-electron chi connectivity index (χ2n) is 6.65. The van der Waals surface area contributed by atoms with Crippen LogP contribution in [0.3, 0.4) is 0 Å². The average molecular weight is 376 g/mol. The summed E-state index contributed by atoms with van der Waals surface area (Å²) >= 11 is 0. The predicted octanol–water partition coefficient (Wildman–Crippen LogP) is 3.15. The number of hydrogen-bond acceptors (Lipinski definition) is 8. The van der Waals surface area contributed by atoms with Gasteiger partial charge in [0.2, 0.25) is 0 Å². The van der Waals surface area contributed by atoms with Crippen LogP contribution in [-0.4, -0.2) is 37.4 Å². The molecule has 2 aromatic rings. The molecule has 0 fully saturated rings. The number of ether oxygens (including phenoxy) is 4. The summed E-state index contributed by atoms with van der Waals surface area (Å²) in [6.45, 7) is 5.79. The van der Waals surface area contributed by atoms with Crippen LogP contribution in [0.1, 0.15) is 38.0 Å². The van der Waals surface area contributed by atoms with Gasteiger partial charge in [0.25, 0.3) is 5.89 Å². The van der Waals surface area contributed by atoms with Crippen molar-refractivity contribution < 1.29 is 28.3 Å². The van der Waals surface area contributed by atoms with Crippen molar-refractivity contribution in [3.05, 3.63) is 35.5 Å². The topological polar surface area (TPSA) is 92.9 Å². The van der Waals surface area contributed by atoms with E-state index in [0.717, 1.165) is 0 Å². The number of aromatic nitrogens is 2. The van der Waals surface area contributed by atoms with Crippen LogP contribution in [0, 0.1) is 0 Å². The van der Waals surface area contributed by atoms with Crippen LogP contribution in [0.4, 0.5) is 0 Å². The Morgan fingerprint density at radius 2 is 1.70 bits per heavy atom. The first-order valence-electron chi connectivity index (χ1n) is 8.26. The highest BCUT2D eigenvalue weighted by Gasteiger charge is 2.21. The third-order valence-electron chi connectivity index (χ3n) is 3.61. The first-order valence-corrected chi connectivity index (χ1v) is 8.26. The third kappa shape index (κ3) is 5.22. The highest BCUT2D eigenvalue weighted by atomic mass is 16.6. The summed E-state index contributed by atoms with van der Waals surface area (Å²) in [6, 6.07) is 3.38. The monoisotopic (exact) mass is 376 g/mol. The number of rotatable bonds is 7. The zero-order chi connectivity index (χ0) is 20.0. The summed E-state index contributed by atoms with van der Waals surface area (Å²) in [4.78, 5) is 16.2. The van der Waals surface area contributed by atoms with E-state index in [1.54, 1.807) is 18.2 Å². The number of carbonyl (C=O) groups is 1. The molecule has 0 aliphatic rings. The van der Waals surface area contributed by atoms with Gasteiger partial charge in [0.05, 0.1) is 21.3 Å². The molecule has 8 heteroatoms. The standard InChI is InChI=1S/C19H24N2O6/c1-19(2,3)18-20-16(27-21-18)11-26-17(22)8-7-12-9-14(24-5)15(25-6)10-13(12)23-4/h7-10H,11H2,1-6H3/b8-7+. The molecule has 8 nitrogen and oxygen atoms in total. The van der Waals surface area contributed by atoms with Gasteiger partial charge in [-0.05, 0) is 12.1 Å². The fraction of sp³-hybridized carbons (Fsp3) is 0.421. The molecule has 0 bridgehead atoms. The number of esters is 1. The lowest BCUT2D eigenvalue weighted by Crippen LogP contribution is -2.13. The molecule has 0 amide bonds. The van der Waals surface area contributed by atoms with Crippen LogP contribution >= 0.6 is 0 Å². The van der Waals surface area contributed by atoms with Crippen molar-refractivity contribution in [1.82, 2.24) is 10.1 Å². The van der Waals surface area contributed by atoms with Gasteiger partial charge in [-0.15, -0.1) is 0 Å². The molecule has 0 N–H and O–H groups in total. The van der Waals surface area contributed by atoms with Crippen LogP contribution in [0.15, 0.2) is 22.7 Å². The quantitative estimate of drug-likeness (QED) is 0.537. The van der Waals surface area contributed by atoms with Gasteiger partial charge in [0.15, 0.2) is 23.9 Å². The molecule has 0 aliphatic heterocycles. The van der Waals surface area contributed by atoms with Gasteiger partial charge in [0.1, 0.15) is 5.75 Å². The minimum Gasteiger partial charge on any atom is -0.496 e. The van der Waals surface area contributed by atoms with Gasteiger partial charge >= 0.3 is 5.97 Å². The maximum Gasteiger partial charge on any atom is 0.331 e. The van der Waals surface area contributed by atoms with E-state index in [0.29, 0.717) is 28.6 Å². The van der Waals surface area contributed by atoms with E-state index in [1.165, 1.54) is 27.4 Å². The molecular formula is C19H24N2O6. The number of methoxy groups -OCH3 is 3. The van der Waals surface area contributed by atoms with E-state index in [2.05, 4.69) is 10.1 Å². The minimum absolute atomic E-state index is 0.102. The van der Waals surface area contributed by atoms with Crippen molar-refractivity contribution in [3.8, 4) is 17.2 Å². The third-order valence-corrected chi connectivity index (χ3v) is 3.61. The van der Waals surface area contributed by atoms with Gasteiger partial charge in [-0.3, -0.25) is 0 Å². The van der Waals surface area contributed by atoms with Crippen molar-refractivity contribution in [2.24, 2.45) is 0 Å². The number of carbonyl (C=O) groups excluding carboxylic acids is 1. The molecule has 1 heterocycles. The van der Waals surface area contributed by atoms with Crippen LogP contribution in [-0.2, 0) is 21.6 Å². The zero-order valence-corrected chi connectivity index (χ0v) is 16.4. The fourth-order valence-electron chi connectivity index (χ4n) is 2.14. The Kier molecular flexibility index (Phi) is 6.44. The Labute approximate surface area is 158 Å². The predicted molar refractivity (Wildman–Crippen MR) is 97.9 cm³/mol.